The minimum atomic E-state index is -0.427. The number of hydrogen-bond acceptors (Lipinski definition) is 3. The molecule has 0 aliphatic heterocycles. The van der Waals surface area contributed by atoms with E-state index < -0.39 is 4.92 Å². The van der Waals surface area contributed by atoms with E-state index in [0.29, 0.717) is 28.8 Å². The van der Waals surface area contributed by atoms with Gasteiger partial charge in [0.05, 0.1) is 4.92 Å². The number of H-pyrrole nitrogens is 1. The Balaban J connectivity index is 1.93. The van der Waals surface area contributed by atoms with Crippen molar-refractivity contribution in [1.29, 1.82) is 0 Å². The molecule has 104 valence electrons. The first-order valence-electron chi connectivity index (χ1n) is 6.94. The van der Waals surface area contributed by atoms with Crippen molar-refractivity contribution in [2.45, 2.75) is 32.1 Å². The summed E-state index contributed by atoms with van der Waals surface area (Å²) in [4.78, 5) is 25.8. The monoisotopic (exact) mass is 272 g/mol. The fourth-order valence-electron chi connectivity index (χ4n) is 3.11. The van der Waals surface area contributed by atoms with Gasteiger partial charge in [-0.15, -0.1) is 0 Å². The number of ketones is 1. The van der Waals surface area contributed by atoms with Gasteiger partial charge < -0.3 is 4.98 Å². The Morgan fingerprint density at radius 1 is 1.35 bits per heavy atom. The number of Topliss-reactive ketones (excluding diaryl/α,β-unsaturated/α-hetero) is 1. The van der Waals surface area contributed by atoms with E-state index in [4.69, 9.17) is 0 Å². The molecule has 1 heterocycles. The lowest BCUT2D eigenvalue weighted by Gasteiger charge is -2.06. The third-order valence-corrected chi connectivity index (χ3v) is 4.14. The zero-order valence-electron chi connectivity index (χ0n) is 11.1. The number of carbonyl (C=O) groups is 1. The normalized spacial score (nSPS) is 15.8. The van der Waals surface area contributed by atoms with Crippen molar-refractivity contribution >= 4 is 22.4 Å². The number of benzene rings is 1. The molecular weight excluding hydrogens is 256 g/mol. The maximum Gasteiger partial charge on any atom is 0.293 e. The Bertz CT molecular complexity index is 669. The Morgan fingerprint density at radius 2 is 2.10 bits per heavy atom. The van der Waals surface area contributed by atoms with E-state index in [-0.39, 0.29) is 11.5 Å². The van der Waals surface area contributed by atoms with Crippen LogP contribution in [0.2, 0.25) is 0 Å². The second-order valence-corrected chi connectivity index (χ2v) is 5.44. The third-order valence-electron chi connectivity index (χ3n) is 4.14. The lowest BCUT2D eigenvalue weighted by atomic mass is 9.97. The van der Waals surface area contributed by atoms with Crippen molar-refractivity contribution in [2.24, 2.45) is 5.92 Å². The highest BCUT2D eigenvalue weighted by molar-refractivity contribution is 6.09. The van der Waals surface area contributed by atoms with Gasteiger partial charge in [-0.3, -0.25) is 14.9 Å². The molecule has 1 aliphatic rings. The predicted octanol–water partition coefficient (Wildman–Crippen LogP) is 3.84. The average molecular weight is 272 g/mol. The third kappa shape index (κ3) is 2.19. The van der Waals surface area contributed by atoms with Gasteiger partial charge >= 0.3 is 0 Å². The zero-order chi connectivity index (χ0) is 14.1. The number of carbonyl (C=O) groups excluding carboxylic acids is 1. The van der Waals surface area contributed by atoms with Crippen LogP contribution >= 0.6 is 0 Å². The van der Waals surface area contributed by atoms with Gasteiger partial charge in [0.2, 0.25) is 0 Å². The van der Waals surface area contributed by atoms with Crippen molar-refractivity contribution in [3.05, 3.63) is 40.1 Å². The number of non-ortho nitro benzene ring substituents is 1. The SMILES string of the molecule is O=C(CC1CCCC1)c1c[nH]c2c([N+](=O)[O-])cccc12. The summed E-state index contributed by atoms with van der Waals surface area (Å²) < 4.78 is 0. The summed E-state index contributed by atoms with van der Waals surface area (Å²) in [5.41, 5.74) is 1.03. The lowest BCUT2D eigenvalue weighted by molar-refractivity contribution is -0.383. The molecule has 0 saturated heterocycles. The maximum absolute atomic E-state index is 12.4. The number of nitro benzene ring substituents is 1. The number of nitro groups is 1. The van der Waals surface area contributed by atoms with Crippen molar-refractivity contribution in [1.82, 2.24) is 4.98 Å². The highest BCUT2D eigenvalue weighted by atomic mass is 16.6. The quantitative estimate of drug-likeness (QED) is 0.522. The Kier molecular flexibility index (Phi) is 3.26. The van der Waals surface area contributed by atoms with Crippen LogP contribution in [0.5, 0.6) is 0 Å². The molecule has 0 atom stereocenters. The highest BCUT2D eigenvalue weighted by Gasteiger charge is 2.22. The van der Waals surface area contributed by atoms with Gasteiger partial charge in [0.15, 0.2) is 5.78 Å². The first-order valence-corrected chi connectivity index (χ1v) is 6.94. The number of aromatic nitrogens is 1. The van der Waals surface area contributed by atoms with Gasteiger partial charge in [-0.25, -0.2) is 0 Å². The zero-order valence-corrected chi connectivity index (χ0v) is 11.1. The molecule has 1 aromatic heterocycles. The van der Waals surface area contributed by atoms with Gasteiger partial charge in [-0.2, -0.15) is 0 Å². The first kappa shape index (κ1) is 12.8. The summed E-state index contributed by atoms with van der Waals surface area (Å²) in [5, 5.41) is 11.6. The minimum absolute atomic E-state index is 0.0161. The van der Waals surface area contributed by atoms with Crippen LogP contribution in [0.3, 0.4) is 0 Å². The molecule has 0 amide bonds. The molecule has 5 heteroatoms. The predicted molar refractivity (Wildman–Crippen MR) is 75.9 cm³/mol. The van der Waals surface area contributed by atoms with Crippen molar-refractivity contribution < 1.29 is 9.72 Å². The molecule has 1 aromatic carbocycles. The fourth-order valence-corrected chi connectivity index (χ4v) is 3.11. The van der Waals surface area contributed by atoms with Crippen LogP contribution in [0.25, 0.3) is 10.9 Å². The molecule has 1 aliphatic carbocycles. The number of aromatic amines is 1. The fraction of sp³-hybridized carbons (Fsp3) is 0.400. The van der Waals surface area contributed by atoms with E-state index >= 15 is 0 Å². The molecule has 20 heavy (non-hydrogen) atoms. The Hall–Kier alpha value is -2.17. The first-order chi connectivity index (χ1) is 9.66. The summed E-state index contributed by atoms with van der Waals surface area (Å²) >= 11 is 0. The Morgan fingerprint density at radius 3 is 2.80 bits per heavy atom. The smallest absolute Gasteiger partial charge is 0.293 e. The topological polar surface area (TPSA) is 76.0 Å². The number of para-hydroxylation sites is 1. The Labute approximate surface area is 116 Å². The van der Waals surface area contributed by atoms with Gasteiger partial charge in [0, 0.05) is 29.6 Å². The van der Waals surface area contributed by atoms with Crippen LogP contribution in [0.4, 0.5) is 5.69 Å². The van der Waals surface area contributed by atoms with Gasteiger partial charge in [-0.1, -0.05) is 37.8 Å². The molecule has 0 radical (unpaired) electrons. The standard InChI is InChI=1S/C15H16N2O3/c18-14(8-10-4-1-2-5-10)12-9-16-15-11(12)6-3-7-13(15)17(19)20/h3,6-7,9-10,16H,1-2,4-5,8H2. The highest BCUT2D eigenvalue weighted by Crippen LogP contribution is 2.31. The molecule has 5 nitrogen and oxygen atoms in total. The second-order valence-electron chi connectivity index (χ2n) is 5.44. The van der Waals surface area contributed by atoms with E-state index in [0.717, 1.165) is 12.8 Å². The molecule has 0 unspecified atom stereocenters. The van der Waals surface area contributed by atoms with Crippen LogP contribution < -0.4 is 0 Å². The molecule has 0 spiro atoms. The number of nitrogens with zero attached hydrogens (tertiary/aromatic N) is 1. The summed E-state index contributed by atoms with van der Waals surface area (Å²) in [6.45, 7) is 0. The molecule has 1 N–H and O–H groups in total. The van der Waals surface area contributed by atoms with Gasteiger partial charge in [0.1, 0.15) is 5.52 Å². The van der Waals surface area contributed by atoms with Crippen molar-refractivity contribution in [2.75, 3.05) is 0 Å². The van der Waals surface area contributed by atoms with E-state index in [1.165, 1.54) is 18.9 Å². The summed E-state index contributed by atoms with van der Waals surface area (Å²) in [6.07, 6.45) is 6.81. The molecule has 3 rings (SSSR count). The number of rotatable bonds is 4. The van der Waals surface area contributed by atoms with E-state index in [2.05, 4.69) is 4.98 Å². The van der Waals surface area contributed by atoms with Gasteiger partial charge in [0.25, 0.3) is 5.69 Å². The summed E-state index contributed by atoms with van der Waals surface area (Å²) in [5.74, 6) is 0.565. The number of nitrogens with one attached hydrogen (secondary N) is 1. The van der Waals surface area contributed by atoms with E-state index in [9.17, 15) is 14.9 Å². The van der Waals surface area contributed by atoms with Crippen molar-refractivity contribution in [3.63, 3.8) is 0 Å². The number of hydrogen-bond donors (Lipinski definition) is 1. The lowest BCUT2D eigenvalue weighted by Crippen LogP contribution is -2.05. The van der Waals surface area contributed by atoms with E-state index in [1.807, 2.05) is 0 Å². The van der Waals surface area contributed by atoms with Crippen molar-refractivity contribution in [3.8, 4) is 0 Å². The average Bonchev–Trinajstić information content (AvgIpc) is 3.06. The molecule has 1 fully saturated rings. The van der Waals surface area contributed by atoms with Crippen LogP contribution in [0.1, 0.15) is 42.5 Å². The van der Waals surface area contributed by atoms with Crippen LogP contribution in [0.15, 0.2) is 24.4 Å². The van der Waals surface area contributed by atoms with Crippen LogP contribution in [0, 0.1) is 16.0 Å². The summed E-state index contributed by atoms with van der Waals surface area (Å²) in [6, 6.07) is 4.84. The van der Waals surface area contributed by atoms with Crippen LogP contribution in [-0.2, 0) is 0 Å². The molecule has 0 bridgehead atoms. The molecule has 1 saturated carbocycles. The second kappa shape index (κ2) is 5.07. The van der Waals surface area contributed by atoms with Crippen LogP contribution in [-0.4, -0.2) is 15.7 Å². The maximum atomic E-state index is 12.4. The summed E-state index contributed by atoms with van der Waals surface area (Å²) in [7, 11) is 0. The van der Waals surface area contributed by atoms with Gasteiger partial charge in [-0.05, 0) is 5.92 Å². The van der Waals surface area contributed by atoms with E-state index in [1.54, 1.807) is 18.3 Å². The molecule has 2 aromatic rings. The largest absolute Gasteiger partial charge is 0.355 e. The molecular formula is C15H16N2O3. The minimum Gasteiger partial charge on any atom is -0.355 e. The number of fused-ring (bicyclic) bond motifs is 1.